The molecule has 1 N–H and O–H groups in total. The number of rotatable bonds is 3. The summed E-state index contributed by atoms with van der Waals surface area (Å²) in [5.41, 5.74) is -0.439. The van der Waals surface area contributed by atoms with Gasteiger partial charge in [0.05, 0.1) is 5.56 Å². The van der Waals surface area contributed by atoms with Gasteiger partial charge in [0.1, 0.15) is 0 Å². The largest absolute Gasteiger partial charge is 0.416 e. The summed E-state index contributed by atoms with van der Waals surface area (Å²) in [5, 5.41) is 3.18. The van der Waals surface area contributed by atoms with Gasteiger partial charge in [-0.2, -0.15) is 13.2 Å². The predicted molar refractivity (Wildman–Crippen MR) is 69.4 cm³/mol. The number of hydrogen-bond donors (Lipinski definition) is 1. The average molecular weight is 286 g/mol. The van der Waals surface area contributed by atoms with Crippen LogP contribution in [-0.4, -0.2) is 36.5 Å². The van der Waals surface area contributed by atoms with Gasteiger partial charge in [0.25, 0.3) is 5.91 Å². The summed E-state index contributed by atoms with van der Waals surface area (Å²) in [7, 11) is 0. The molecular weight excluding hydrogens is 269 g/mol. The highest BCUT2D eigenvalue weighted by Gasteiger charge is 2.31. The molecule has 2 rings (SSSR count). The predicted octanol–water partition coefficient (Wildman–Crippen LogP) is 2.53. The first-order valence-corrected chi connectivity index (χ1v) is 6.62. The number of carbonyl (C=O) groups excluding carboxylic acids is 1. The Morgan fingerprint density at radius 1 is 1.35 bits per heavy atom. The maximum Gasteiger partial charge on any atom is 0.416 e. The molecule has 0 radical (unpaired) electrons. The lowest BCUT2D eigenvalue weighted by molar-refractivity contribution is -0.137. The quantitative estimate of drug-likeness (QED) is 0.926. The molecule has 0 bridgehead atoms. The van der Waals surface area contributed by atoms with Crippen LogP contribution in [0.25, 0.3) is 0 Å². The monoisotopic (exact) mass is 286 g/mol. The van der Waals surface area contributed by atoms with Gasteiger partial charge in [-0.25, -0.2) is 0 Å². The molecule has 1 unspecified atom stereocenters. The van der Waals surface area contributed by atoms with E-state index in [1.807, 2.05) is 6.92 Å². The Bertz CT molecular complexity index is 464. The zero-order valence-electron chi connectivity index (χ0n) is 11.2. The number of nitrogens with one attached hydrogen (secondary N) is 1. The molecule has 0 saturated carbocycles. The minimum absolute atomic E-state index is 0.120. The van der Waals surface area contributed by atoms with Crippen LogP contribution >= 0.6 is 0 Å². The van der Waals surface area contributed by atoms with E-state index in [-0.39, 0.29) is 11.9 Å². The molecule has 0 spiro atoms. The van der Waals surface area contributed by atoms with Crippen molar-refractivity contribution in [3.8, 4) is 0 Å². The van der Waals surface area contributed by atoms with Crippen molar-refractivity contribution in [2.24, 2.45) is 0 Å². The van der Waals surface area contributed by atoms with Gasteiger partial charge in [0.2, 0.25) is 0 Å². The number of benzene rings is 1. The lowest BCUT2D eigenvalue weighted by Crippen LogP contribution is -2.41. The first-order chi connectivity index (χ1) is 9.43. The van der Waals surface area contributed by atoms with Gasteiger partial charge in [0, 0.05) is 24.7 Å². The molecule has 3 nitrogen and oxygen atoms in total. The number of nitrogens with zero attached hydrogens (tertiary/aromatic N) is 1. The molecule has 1 amide bonds. The number of hydrogen-bond acceptors (Lipinski definition) is 2. The van der Waals surface area contributed by atoms with Crippen molar-refractivity contribution in [1.29, 1.82) is 0 Å². The van der Waals surface area contributed by atoms with E-state index in [0.29, 0.717) is 12.1 Å². The van der Waals surface area contributed by atoms with E-state index in [9.17, 15) is 18.0 Å². The van der Waals surface area contributed by atoms with Crippen molar-refractivity contribution in [1.82, 2.24) is 10.2 Å². The molecule has 1 fully saturated rings. The van der Waals surface area contributed by atoms with Crippen LogP contribution in [0.15, 0.2) is 24.3 Å². The van der Waals surface area contributed by atoms with E-state index >= 15 is 0 Å². The Morgan fingerprint density at radius 3 is 2.45 bits per heavy atom. The fourth-order valence-corrected chi connectivity index (χ4v) is 2.44. The molecule has 1 heterocycles. The van der Waals surface area contributed by atoms with Crippen LogP contribution in [0.2, 0.25) is 0 Å². The number of carbonyl (C=O) groups is 1. The van der Waals surface area contributed by atoms with Crippen molar-refractivity contribution in [2.45, 2.75) is 25.6 Å². The third kappa shape index (κ3) is 3.12. The van der Waals surface area contributed by atoms with E-state index in [0.717, 1.165) is 31.6 Å². The van der Waals surface area contributed by atoms with Gasteiger partial charge in [-0.3, -0.25) is 4.79 Å². The number of alkyl halides is 3. The van der Waals surface area contributed by atoms with Crippen LogP contribution < -0.4 is 5.32 Å². The maximum atomic E-state index is 12.5. The van der Waals surface area contributed by atoms with Crippen LogP contribution in [0.4, 0.5) is 13.2 Å². The molecule has 0 aromatic heterocycles. The lowest BCUT2D eigenvalue weighted by atomic mass is 10.1. The molecule has 1 aliphatic heterocycles. The molecular formula is C14H17F3N2O. The third-order valence-corrected chi connectivity index (χ3v) is 3.54. The summed E-state index contributed by atoms with van der Waals surface area (Å²) >= 11 is 0. The van der Waals surface area contributed by atoms with Gasteiger partial charge in [-0.05, 0) is 44.2 Å². The highest BCUT2D eigenvalue weighted by Crippen LogP contribution is 2.29. The van der Waals surface area contributed by atoms with Crippen LogP contribution in [0, 0.1) is 0 Å². The maximum absolute atomic E-state index is 12.5. The second-order valence-electron chi connectivity index (χ2n) is 4.81. The lowest BCUT2D eigenvalue weighted by Gasteiger charge is -2.27. The van der Waals surface area contributed by atoms with Gasteiger partial charge >= 0.3 is 6.18 Å². The fraction of sp³-hybridized carbons (Fsp3) is 0.500. The Kier molecular flexibility index (Phi) is 4.32. The van der Waals surface area contributed by atoms with Crippen molar-refractivity contribution in [3.63, 3.8) is 0 Å². The SMILES string of the molecule is CCN(C(=O)c1ccc(C(F)(F)F)cc1)C1CCNC1. The number of amides is 1. The molecule has 0 aliphatic carbocycles. The molecule has 6 heteroatoms. The Morgan fingerprint density at radius 2 is 2.00 bits per heavy atom. The second kappa shape index (κ2) is 5.83. The Balaban J connectivity index is 2.15. The zero-order chi connectivity index (χ0) is 14.8. The molecule has 1 aromatic rings. The van der Waals surface area contributed by atoms with Crippen LogP contribution in [0.5, 0.6) is 0 Å². The van der Waals surface area contributed by atoms with Crippen molar-refractivity contribution in [2.75, 3.05) is 19.6 Å². The minimum atomic E-state index is -4.37. The smallest absolute Gasteiger partial charge is 0.335 e. The summed E-state index contributed by atoms with van der Waals surface area (Å²) in [6.45, 7) is 4.02. The van der Waals surface area contributed by atoms with E-state index < -0.39 is 11.7 Å². The summed E-state index contributed by atoms with van der Waals surface area (Å²) in [5.74, 6) is -0.213. The molecule has 1 atom stereocenters. The number of halogens is 3. The standard InChI is InChI=1S/C14H17F3N2O/c1-2-19(12-7-8-18-9-12)13(20)10-3-5-11(6-4-10)14(15,16)17/h3-6,12,18H,2,7-9H2,1H3. The van der Waals surface area contributed by atoms with Gasteiger partial charge in [-0.1, -0.05) is 0 Å². The van der Waals surface area contributed by atoms with Crippen molar-refractivity contribution >= 4 is 5.91 Å². The van der Waals surface area contributed by atoms with Crippen molar-refractivity contribution < 1.29 is 18.0 Å². The number of likely N-dealkylation sites (N-methyl/N-ethyl adjacent to an activating group) is 1. The van der Waals surface area contributed by atoms with Gasteiger partial charge < -0.3 is 10.2 Å². The Labute approximate surface area is 115 Å². The molecule has 1 aromatic carbocycles. The molecule has 20 heavy (non-hydrogen) atoms. The topological polar surface area (TPSA) is 32.3 Å². The van der Waals surface area contributed by atoms with Crippen molar-refractivity contribution in [3.05, 3.63) is 35.4 Å². The highest BCUT2D eigenvalue weighted by molar-refractivity contribution is 5.94. The second-order valence-corrected chi connectivity index (χ2v) is 4.81. The molecule has 110 valence electrons. The zero-order valence-corrected chi connectivity index (χ0v) is 11.2. The van der Waals surface area contributed by atoms with E-state index in [4.69, 9.17) is 0 Å². The molecule has 1 saturated heterocycles. The van der Waals surface area contributed by atoms with Crippen LogP contribution in [0.3, 0.4) is 0 Å². The summed E-state index contributed by atoms with van der Waals surface area (Å²) < 4.78 is 37.5. The highest BCUT2D eigenvalue weighted by atomic mass is 19.4. The summed E-state index contributed by atoms with van der Waals surface area (Å²) in [6.07, 6.45) is -3.50. The molecule has 1 aliphatic rings. The van der Waals surface area contributed by atoms with Crippen LogP contribution in [-0.2, 0) is 6.18 Å². The van der Waals surface area contributed by atoms with E-state index in [1.54, 1.807) is 4.90 Å². The first-order valence-electron chi connectivity index (χ1n) is 6.62. The summed E-state index contributed by atoms with van der Waals surface area (Å²) in [6, 6.07) is 4.52. The Hall–Kier alpha value is -1.56. The average Bonchev–Trinajstić information content (AvgIpc) is 2.92. The third-order valence-electron chi connectivity index (χ3n) is 3.54. The summed E-state index contributed by atoms with van der Waals surface area (Å²) in [4.78, 5) is 14.1. The minimum Gasteiger partial charge on any atom is -0.335 e. The fourth-order valence-electron chi connectivity index (χ4n) is 2.44. The van der Waals surface area contributed by atoms with Gasteiger partial charge in [0.15, 0.2) is 0 Å². The van der Waals surface area contributed by atoms with E-state index in [1.165, 1.54) is 12.1 Å². The van der Waals surface area contributed by atoms with Gasteiger partial charge in [-0.15, -0.1) is 0 Å². The normalized spacial score (nSPS) is 19.1. The first kappa shape index (κ1) is 14.8. The van der Waals surface area contributed by atoms with E-state index in [2.05, 4.69) is 5.32 Å². The van der Waals surface area contributed by atoms with Crippen LogP contribution in [0.1, 0.15) is 29.3 Å².